The molecule has 70 valence electrons. The molecular formula is C10H17ClO. The normalized spacial score (nSPS) is 14.5. The Morgan fingerprint density at radius 1 is 1.58 bits per heavy atom. The molecule has 0 aliphatic carbocycles. The molecule has 0 aromatic heterocycles. The second kappa shape index (κ2) is 6.27. The predicted molar refractivity (Wildman–Crippen MR) is 54.5 cm³/mol. The molecule has 1 atom stereocenters. The topological polar surface area (TPSA) is 20.2 Å². The maximum absolute atomic E-state index is 8.58. The number of aliphatic hydroxyl groups excluding tert-OH is 1. The summed E-state index contributed by atoms with van der Waals surface area (Å²) in [6.45, 7) is 7.83. The van der Waals surface area contributed by atoms with Gasteiger partial charge in [-0.3, -0.25) is 0 Å². The van der Waals surface area contributed by atoms with Gasteiger partial charge in [0.15, 0.2) is 0 Å². The highest BCUT2D eigenvalue weighted by Gasteiger charge is 2.04. The van der Waals surface area contributed by atoms with Crippen LogP contribution in [0.3, 0.4) is 0 Å². The molecule has 0 aromatic rings. The summed E-state index contributed by atoms with van der Waals surface area (Å²) in [5.41, 5.74) is 2.19. The van der Waals surface area contributed by atoms with Gasteiger partial charge in [0.1, 0.15) is 0 Å². The van der Waals surface area contributed by atoms with E-state index in [2.05, 4.69) is 6.58 Å². The molecule has 1 unspecified atom stereocenters. The Bertz CT molecular complexity index is 173. The van der Waals surface area contributed by atoms with Gasteiger partial charge in [-0.05, 0) is 26.7 Å². The molecule has 2 heteroatoms. The predicted octanol–water partition coefficient (Wildman–Crippen LogP) is 2.89. The maximum atomic E-state index is 8.58. The zero-order valence-electron chi connectivity index (χ0n) is 7.81. The van der Waals surface area contributed by atoms with E-state index in [0.717, 1.165) is 18.4 Å². The Hall–Kier alpha value is -0.270. The van der Waals surface area contributed by atoms with E-state index < -0.39 is 0 Å². The van der Waals surface area contributed by atoms with E-state index in [1.807, 2.05) is 19.9 Å². The lowest BCUT2D eigenvalue weighted by atomic mass is 10.1. The summed E-state index contributed by atoms with van der Waals surface area (Å²) >= 11 is 5.97. The molecule has 0 aliphatic heterocycles. The van der Waals surface area contributed by atoms with E-state index in [4.69, 9.17) is 16.7 Å². The molecule has 0 amide bonds. The van der Waals surface area contributed by atoms with E-state index in [9.17, 15) is 0 Å². The summed E-state index contributed by atoms with van der Waals surface area (Å²) in [7, 11) is 0. The Labute approximate surface area is 79.7 Å². The van der Waals surface area contributed by atoms with Crippen molar-refractivity contribution in [2.45, 2.75) is 32.1 Å². The van der Waals surface area contributed by atoms with Crippen molar-refractivity contribution in [1.82, 2.24) is 0 Å². The van der Waals surface area contributed by atoms with Crippen LogP contribution in [-0.2, 0) is 0 Å². The smallest absolute Gasteiger partial charge is 0.0614 e. The minimum Gasteiger partial charge on any atom is -0.392 e. The van der Waals surface area contributed by atoms with Gasteiger partial charge in [0.25, 0.3) is 0 Å². The summed E-state index contributed by atoms with van der Waals surface area (Å²) in [4.78, 5) is 0. The number of hydrogen-bond donors (Lipinski definition) is 1. The van der Waals surface area contributed by atoms with Gasteiger partial charge in [-0.2, -0.15) is 0 Å². The average Bonchev–Trinajstić information content (AvgIpc) is 2.00. The molecule has 1 nitrogen and oxygen atoms in total. The van der Waals surface area contributed by atoms with E-state index in [-0.39, 0.29) is 12.0 Å². The SMILES string of the molecule is C=C(C)C(Cl)CC/C(C)=C/CO. The van der Waals surface area contributed by atoms with Crippen LogP contribution in [0.25, 0.3) is 0 Å². The molecule has 0 saturated carbocycles. The van der Waals surface area contributed by atoms with Crippen LogP contribution in [0.2, 0.25) is 0 Å². The van der Waals surface area contributed by atoms with Gasteiger partial charge in [0.05, 0.1) is 12.0 Å². The average molecular weight is 189 g/mol. The van der Waals surface area contributed by atoms with Gasteiger partial charge < -0.3 is 5.11 Å². The summed E-state index contributed by atoms with van der Waals surface area (Å²) in [6.07, 6.45) is 3.64. The molecule has 0 rings (SSSR count). The fourth-order valence-electron chi connectivity index (χ4n) is 0.859. The van der Waals surface area contributed by atoms with Gasteiger partial charge in [-0.25, -0.2) is 0 Å². The molecule has 12 heavy (non-hydrogen) atoms. The fourth-order valence-corrected chi connectivity index (χ4v) is 0.968. The molecule has 0 heterocycles. The van der Waals surface area contributed by atoms with Crippen molar-refractivity contribution in [2.24, 2.45) is 0 Å². The number of hydrogen-bond acceptors (Lipinski definition) is 1. The van der Waals surface area contributed by atoms with E-state index in [1.54, 1.807) is 0 Å². The van der Waals surface area contributed by atoms with Gasteiger partial charge >= 0.3 is 0 Å². The van der Waals surface area contributed by atoms with Crippen LogP contribution in [0.15, 0.2) is 23.8 Å². The van der Waals surface area contributed by atoms with Crippen LogP contribution >= 0.6 is 11.6 Å². The summed E-state index contributed by atoms with van der Waals surface area (Å²) in [6, 6.07) is 0. The first-order chi connectivity index (χ1) is 5.57. The Morgan fingerprint density at radius 3 is 2.58 bits per heavy atom. The summed E-state index contributed by atoms with van der Waals surface area (Å²) in [5.74, 6) is 0. The number of aliphatic hydroxyl groups is 1. The minimum atomic E-state index is 0.0621. The number of rotatable bonds is 5. The first-order valence-electron chi connectivity index (χ1n) is 4.14. The lowest BCUT2D eigenvalue weighted by Crippen LogP contribution is -1.99. The first-order valence-corrected chi connectivity index (χ1v) is 4.57. The van der Waals surface area contributed by atoms with Crippen LogP contribution in [0.5, 0.6) is 0 Å². The van der Waals surface area contributed by atoms with Crippen LogP contribution < -0.4 is 0 Å². The second-order valence-corrected chi connectivity index (χ2v) is 3.61. The quantitative estimate of drug-likeness (QED) is 0.520. The van der Waals surface area contributed by atoms with Crippen LogP contribution in [0, 0.1) is 0 Å². The molecule has 0 aromatic carbocycles. The highest BCUT2D eigenvalue weighted by molar-refractivity contribution is 6.22. The fraction of sp³-hybridized carbons (Fsp3) is 0.600. The number of halogens is 1. The Kier molecular flexibility index (Phi) is 6.13. The van der Waals surface area contributed by atoms with Crippen molar-refractivity contribution in [1.29, 1.82) is 0 Å². The van der Waals surface area contributed by atoms with Crippen molar-refractivity contribution in [3.05, 3.63) is 23.8 Å². The number of allylic oxidation sites excluding steroid dienone is 2. The van der Waals surface area contributed by atoms with Crippen LogP contribution in [0.1, 0.15) is 26.7 Å². The van der Waals surface area contributed by atoms with Gasteiger partial charge in [-0.1, -0.05) is 23.8 Å². The zero-order valence-corrected chi connectivity index (χ0v) is 8.56. The molecule has 0 spiro atoms. The third-order valence-corrected chi connectivity index (χ3v) is 2.36. The molecular weight excluding hydrogens is 172 g/mol. The maximum Gasteiger partial charge on any atom is 0.0614 e. The molecule has 0 saturated heterocycles. The minimum absolute atomic E-state index is 0.0621. The molecule has 1 N–H and O–H groups in total. The van der Waals surface area contributed by atoms with Gasteiger partial charge in [-0.15, -0.1) is 11.6 Å². The molecule has 0 radical (unpaired) electrons. The highest BCUT2D eigenvalue weighted by atomic mass is 35.5. The van der Waals surface area contributed by atoms with Crippen LogP contribution in [-0.4, -0.2) is 17.1 Å². The summed E-state index contributed by atoms with van der Waals surface area (Å²) < 4.78 is 0. The third-order valence-electron chi connectivity index (χ3n) is 1.77. The Morgan fingerprint density at radius 2 is 2.17 bits per heavy atom. The van der Waals surface area contributed by atoms with Crippen molar-refractivity contribution in [3.63, 3.8) is 0 Å². The Balaban J connectivity index is 3.68. The van der Waals surface area contributed by atoms with E-state index in [1.165, 1.54) is 5.57 Å². The summed E-state index contributed by atoms with van der Waals surface area (Å²) in [5, 5.41) is 8.65. The number of alkyl halides is 1. The third kappa shape index (κ3) is 5.39. The van der Waals surface area contributed by atoms with Crippen molar-refractivity contribution >= 4 is 11.6 Å². The monoisotopic (exact) mass is 188 g/mol. The molecule has 0 bridgehead atoms. The lowest BCUT2D eigenvalue weighted by Gasteiger charge is -2.08. The van der Waals surface area contributed by atoms with Crippen molar-refractivity contribution in [2.75, 3.05) is 6.61 Å². The molecule has 0 aliphatic rings. The largest absolute Gasteiger partial charge is 0.392 e. The first kappa shape index (κ1) is 11.7. The zero-order chi connectivity index (χ0) is 9.56. The van der Waals surface area contributed by atoms with Crippen LogP contribution in [0.4, 0.5) is 0 Å². The van der Waals surface area contributed by atoms with Crippen molar-refractivity contribution in [3.8, 4) is 0 Å². The highest BCUT2D eigenvalue weighted by Crippen LogP contribution is 2.16. The van der Waals surface area contributed by atoms with Crippen molar-refractivity contribution < 1.29 is 5.11 Å². The van der Waals surface area contributed by atoms with Gasteiger partial charge in [0, 0.05) is 0 Å². The molecule has 0 fully saturated rings. The second-order valence-electron chi connectivity index (χ2n) is 3.09. The van der Waals surface area contributed by atoms with E-state index >= 15 is 0 Å². The lowest BCUT2D eigenvalue weighted by molar-refractivity contribution is 0.341. The standard InChI is InChI=1S/C10H17ClO/c1-8(2)10(11)5-4-9(3)6-7-12/h6,10,12H,1,4-5,7H2,2-3H3/b9-6+. The van der Waals surface area contributed by atoms with Gasteiger partial charge in [0.2, 0.25) is 0 Å². The van der Waals surface area contributed by atoms with E-state index in [0.29, 0.717) is 0 Å².